The van der Waals surface area contributed by atoms with Crippen LogP contribution in [-0.4, -0.2) is 14.1 Å². The summed E-state index contributed by atoms with van der Waals surface area (Å²) in [4.78, 5) is 2.07. The maximum atomic E-state index is 4.42. The summed E-state index contributed by atoms with van der Waals surface area (Å²) in [5.41, 5.74) is 2.03. The summed E-state index contributed by atoms with van der Waals surface area (Å²) in [6.07, 6.45) is 7.08. The van der Waals surface area contributed by atoms with Gasteiger partial charge in [0.25, 0.3) is 0 Å². The van der Waals surface area contributed by atoms with Crippen molar-refractivity contribution in [3.8, 4) is 0 Å². The van der Waals surface area contributed by atoms with E-state index in [9.17, 15) is 0 Å². The monoisotopic (exact) mass is 311 g/mol. The van der Waals surface area contributed by atoms with E-state index >= 15 is 0 Å². The predicted molar refractivity (Wildman–Crippen MR) is 95.7 cm³/mol. The van der Waals surface area contributed by atoms with E-state index in [0.717, 1.165) is 23.7 Å². The molecule has 0 saturated carbocycles. The van der Waals surface area contributed by atoms with Crippen molar-refractivity contribution in [1.82, 2.24) is 0 Å². The molecule has 1 heterocycles. The molecule has 0 aliphatic heterocycles. The van der Waals surface area contributed by atoms with Gasteiger partial charge in [-0.05, 0) is 48.3 Å². The van der Waals surface area contributed by atoms with Gasteiger partial charge < -0.3 is 4.90 Å². The molecular weight excluding hydrogens is 284 g/mol. The number of hydrogen-bond acceptors (Lipinski definition) is 3. The Morgan fingerprint density at radius 3 is 2.39 bits per heavy atom. The van der Waals surface area contributed by atoms with Gasteiger partial charge in [0.2, 0.25) is 0 Å². The van der Waals surface area contributed by atoms with E-state index in [1.165, 1.54) is 25.7 Å². The molecule has 122 valence electrons. The zero-order valence-electron chi connectivity index (χ0n) is 14.4. The van der Waals surface area contributed by atoms with Crippen LogP contribution in [0.2, 0.25) is 0 Å². The van der Waals surface area contributed by atoms with Crippen molar-refractivity contribution < 1.29 is 4.57 Å². The summed E-state index contributed by atoms with van der Waals surface area (Å²) in [5.74, 6) is 0.903. The van der Waals surface area contributed by atoms with E-state index in [2.05, 4.69) is 44.9 Å². The number of anilines is 1. The van der Waals surface area contributed by atoms with Gasteiger partial charge in [-0.3, -0.25) is 0 Å². The van der Waals surface area contributed by atoms with Crippen molar-refractivity contribution in [3.63, 3.8) is 0 Å². The van der Waals surface area contributed by atoms with Crippen LogP contribution in [0.1, 0.15) is 32.6 Å². The van der Waals surface area contributed by atoms with Crippen molar-refractivity contribution in [1.29, 1.82) is 0 Å². The smallest absolute Gasteiger partial charge is 0.350 e. The third-order valence-electron chi connectivity index (χ3n) is 3.80. The highest BCUT2D eigenvalue weighted by molar-refractivity contribution is 5.51. The Labute approximate surface area is 139 Å². The average Bonchev–Trinajstić information content (AvgIpc) is 2.58. The fraction of sp³-hybridized carbons (Fsp3) is 0.421. The number of benzene rings is 1. The second kappa shape index (κ2) is 9.03. The molecule has 0 atom stereocenters. The topological polar surface area (TPSA) is 31.8 Å². The molecule has 0 N–H and O–H groups in total. The first kappa shape index (κ1) is 17.1. The molecule has 0 spiro atoms. The van der Waals surface area contributed by atoms with E-state index < -0.39 is 0 Å². The summed E-state index contributed by atoms with van der Waals surface area (Å²) >= 11 is 0. The number of nitrogens with zero attached hydrogens (tertiary/aromatic N) is 4. The Bertz CT molecular complexity index is 618. The van der Waals surface area contributed by atoms with Gasteiger partial charge in [-0.25, -0.2) is 4.57 Å². The van der Waals surface area contributed by atoms with Crippen LogP contribution < -0.4 is 9.47 Å². The lowest BCUT2D eigenvalue weighted by atomic mass is 10.2. The molecule has 2 rings (SSSR count). The van der Waals surface area contributed by atoms with Gasteiger partial charge in [0.05, 0.1) is 17.9 Å². The minimum Gasteiger partial charge on any atom is -0.378 e. The number of aromatic nitrogens is 1. The van der Waals surface area contributed by atoms with Crippen LogP contribution in [0.25, 0.3) is 0 Å². The first-order valence-electron chi connectivity index (χ1n) is 8.38. The van der Waals surface area contributed by atoms with Crippen molar-refractivity contribution in [2.45, 2.75) is 39.2 Å². The normalized spacial score (nSPS) is 11.1. The molecule has 1 aromatic heterocycles. The van der Waals surface area contributed by atoms with Crippen LogP contribution >= 0.6 is 0 Å². The molecule has 4 heteroatoms. The van der Waals surface area contributed by atoms with Crippen LogP contribution in [-0.2, 0) is 6.54 Å². The lowest BCUT2D eigenvalue weighted by molar-refractivity contribution is -0.684. The maximum Gasteiger partial charge on any atom is 0.350 e. The third-order valence-corrected chi connectivity index (χ3v) is 3.80. The van der Waals surface area contributed by atoms with Gasteiger partial charge in [0.15, 0.2) is 0 Å². The minimum absolute atomic E-state index is 0.872. The first-order chi connectivity index (χ1) is 11.2. The van der Waals surface area contributed by atoms with Crippen LogP contribution in [0.4, 0.5) is 17.2 Å². The zero-order valence-corrected chi connectivity index (χ0v) is 14.4. The fourth-order valence-corrected chi connectivity index (χ4v) is 2.38. The predicted octanol–water partition coefficient (Wildman–Crippen LogP) is 5.04. The summed E-state index contributed by atoms with van der Waals surface area (Å²) < 4.78 is 2.17. The standard InChI is InChI=1S/C19H27N4/c1-4-5-6-8-15-23-16-9-7-10-19(23)21-20-17-11-13-18(14-12-17)22(2)3/h7,9-14,16H,4-6,8,15H2,1-3H3/q+1. The number of rotatable bonds is 8. The van der Waals surface area contributed by atoms with Crippen LogP contribution in [0.15, 0.2) is 58.9 Å². The molecule has 4 nitrogen and oxygen atoms in total. The first-order valence-corrected chi connectivity index (χ1v) is 8.38. The minimum atomic E-state index is 0.872. The van der Waals surface area contributed by atoms with Gasteiger partial charge in [0.1, 0.15) is 5.69 Å². The summed E-state index contributed by atoms with van der Waals surface area (Å²) in [5, 5.41) is 8.79. The zero-order chi connectivity index (χ0) is 16.5. The number of unbranched alkanes of at least 4 members (excludes halogenated alkanes) is 3. The average molecular weight is 311 g/mol. The quantitative estimate of drug-likeness (QED) is 0.382. The van der Waals surface area contributed by atoms with E-state index in [1.54, 1.807) is 0 Å². The lowest BCUT2D eigenvalue weighted by Gasteiger charge is -2.11. The molecular formula is C19H27N4+. The molecule has 0 saturated heterocycles. The molecule has 0 unspecified atom stereocenters. The van der Waals surface area contributed by atoms with Crippen molar-refractivity contribution in [3.05, 3.63) is 48.7 Å². The van der Waals surface area contributed by atoms with E-state index in [-0.39, 0.29) is 0 Å². The van der Waals surface area contributed by atoms with Crippen molar-refractivity contribution >= 4 is 17.2 Å². The Hall–Kier alpha value is -2.23. The second-order valence-corrected chi connectivity index (χ2v) is 5.92. The maximum absolute atomic E-state index is 4.42. The summed E-state index contributed by atoms with van der Waals surface area (Å²) in [7, 11) is 4.06. The van der Waals surface area contributed by atoms with Crippen molar-refractivity contribution in [2.75, 3.05) is 19.0 Å². The van der Waals surface area contributed by atoms with Crippen LogP contribution in [0.5, 0.6) is 0 Å². The number of pyridine rings is 1. The summed E-state index contributed by atoms with van der Waals surface area (Å²) in [6.45, 7) is 3.23. The third kappa shape index (κ3) is 5.47. The second-order valence-electron chi connectivity index (χ2n) is 5.92. The molecule has 0 aliphatic carbocycles. The van der Waals surface area contributed by atoms with E-state index in [1.807, 2.05) is 44.4 Å². The number of aryl methyl sites for hydroxylation is 1. The van der Waals surface area contributed by atoms with E-state index in [0.29, 0.717) is 0 Å². The lowest BCUT2D eigenvalue weighted by Crippen LogP contribution is -2.33. The highest BCUT2D eigenvalue weighted by Crippen LogP contribution is 2.20. The summed E-state index contributed by atoms with van der Waals surface area (Å²) in [6, 6.07) is 14.2. The molecule has 0 fully saturated rings. The Morgan fingerprint density at radius 1 is 0.913 bits per heavy atom. The SMILES string of the molecule is CCCCCC[n+]1ccccc1N=Nc1ccc(N(C)C)cc1. The molecule has 0 amide bonds. The fourth-order valence-electron chi connectivity index (χ4n) is 2.38. The van der Waals surface area contributed by atoms with Crippen molar-refractivity contribution in [2.24, 2.45) is 10.2 Å². The van der Waals surface area contributed by atoms with E-state index in [4.69, 9.17) is 0 Å². The Morgan fingerprint density at radius 2 is 1.70 bits per heavy atom. The van der Waals surface area contributed by atoms with Gasteiger partial charge >= 0.3 is 5.82 Å². The number of azo groups is 1. The van der Waals surface area contributed by atoms with Gasteiger partial charge in [0, 0.05) is 25.8 Å². The molecule has 0 bridgehead atoms. The largest absolute Gasteiger partial charge is 0.378 e. The molecule has 1 aromatic carbocycles. The van der Waals surface area contributed by atoms with Gasteiger partial charge in [-0.1, -0.05) is 25.8 Å². The highest BCUT2D eigenvalue weighted by Gasteiger charge is 2.08. The molecule has 0 radical (unpaired) electrons. The number of hydrogen-bond donors (Lipinski definition) is 0. The van der Waals surface area contributed by atoms with Gasteiger partial charge in [-0.2, -0.15) is 0 Å². The molecule has 23 heavy (non-hydrogen) atoms. The van der Waals surface area contributed by atoms with Crippen LogP contribution in [0, 0.1) is 0 Å². The molecule has 2 aromatic rings. The Kier molecular flexibility index (Phi) is 6.73. The molecule has 0 aliphatic rings. The Balaban J connectivity index is 2.03. The van der Waals surface area contributed by atoms with Gasteiger partial charge in [-0.15, -0.1) is 0 Å². The van der Waals surface area contributed by atoms with Crippen LogP contribution in [0.3, 0.4) is 0 Å². The highest BCUT2D eigenvalue weighted by atomic mass is 15.2.